The highest BCUT2D eigenvalue weighted by molar-refractivity contribution is 5.77. The number of rotatable bonds is 51. The Labute approximate surface area is 392 Å². The van der Waals surface area contributed by atoms with Crippen LogP contribution in [0.3, 0.4) is 0 Å². The first-order chi connectivity index (χ1) is 31.0. The molecule has 0 aliphatic rings. The van der Waals surface area contributed by atoms with Crippen LogP contribution in [0.25, 0.3) is 0 Å². The maximum atomic E-state index is 13.2. The molecule has 3 atom stereocenters. The Morgan fingerprint density at radius 2 is 0.810 bits per heavy atom. The molecule has 3 unspecified atom stereocenters. The number of unbranched alkanes of at least 4 members (excludes halogenated alkanes) is 35. The highest BCUT2D eigenvalue weighted by atomic mass is 16.5. The summed E-state index contributed by atoms with van der Waals surface area (Å²) >= 11 is 0. The molecule has 0 heterocycles. The second-order valence-electron chi connectivity index (χ2n) is 19.3. The molecule has 63 heavy (non-hydrogen) atoms. The number of aliphatic hydroxyl groups excluding tert-OH is 2. The van der Waals surface area contributed by atoms with Crippen LogP contribution in [0.5, 0.6) is 0 Å². The van der Waals surface area contributed by atoms with Gasteiger partial charge in [0.2, 0.25) is 5.91 Å². The van der Waals surface area contributed by atoms with E-state index in [9.17, 15) is 19.8 Å². The van der Waals surface area contributed by atoms with Crippen LogP contribution in [-0.4, -0.2) is 46.9 Å². The Morgan fingerprint density at radius 1 is 0.460 bits per heavy atom. The number of aliphatic hydroxyl groups is 2. The van der Waals surface area contributed by atoms with E-state index in [1.807, 2.05) is 0 Å². The van der Waals surface area contributed by atoms with E-state index in [-0.39, 0.29) is 24.9 Å². The summed E-state index contributed by atoms with van der Waals surface area (Å²) in [6, 6.07) is -0.700. The van der Waals surface area contributed by atoms with Crippen molar-refractivity contribution in [3.05, 3.63) is 24.3 Å². The first-order valence-corrected chi connectivity index (χ1v) is 28.1. The smallest absolute Gasteiger partial charge is 0.306 e. The summed E-state index contributed by atoms with van der Waals surface area (Å²) in [4.78, 5) is 26.2. The quantitative estimate of drug-likeness (QED) is 0.0321. The minimum Gasteiger partial charge on any atom is -0.462 e. The lowest BCUT2D eigenvalue weighted by Gasteiger charge is -2.24. The molecule has 0 aromatic rings. The molecular weight excluding hydrogens is 779 g/mol. The van der Waals surface area contributed by atoms with Crippen molar-refractivity contribution in [1.29, 1.82) is 0 Å². The van der Waals surface area contributed by atoms with Crippen molar-refractivity contribution in [3.63, 3.8) is 0 Å². The molecule has 0 aromatic carbocycles. The van der Waals surface area contributed by atoms with E-state index < -0.39 is 18.2 Å². The van der Waals surface area contributed by atoms with Crippen molar-refractivity contribution in [2.24, 2.45) is 0 Å². The van der Waals surface area contributed by atoms with Crippen molar-refractivity contribution in [2.75, 3.05) is 6.61 Å². The zero-order valence-corrected chi connectivity index (χ0v) is 42.5. The summed E-state index contributed by atoms with van der Waals surface area (Å²) < 4.78 is 5.95. The molecular formula is C57H109NO5. The van der Waals surface area contributed by atoms with Crippen molar-refractivity contribution >= 4 is 11.9 Å². The van der Waals surface area contributed by atoms with Crippen molar-refractivity contribution < 1.29 is 24.5 Å². The number of amides is 1. The fraction of sp³-hybridized carbons (Fsp3) is 0.895. The average molecular weight is 889 g/mol. The molecule has 0 rings (SSSR count). The zero-order valence-electron chi connectivity index (χ0n) is 42.5. The first-order valence-electron chi connectivity index (χ1n) is 28.1. The van der Waals surface area contributed by atoms with Gasteiger partial charge in [-0.25, -0.2) is 0 Å². The van der Waals surface area contributed by atoms with Crippen LogP contribution in [0, 0.1) is 0 Å². The largest absolute Gasteiger partial charge is 0.462 e. The van der Waals surface area contributed by atoms with Gasteiger partial charge in [0.05, 0.1) is 25.2 Å². The van der Waals surface area contributed by atoms with Gasteiger partial charge in [-0.2, -0.15) is 0 Å². The maximum Gasteiger partial charge on any atom is 0.306 e. The van der Waals surface area contributed by atoms with Crippen molar-refractivity contribution in [2.45, 2.75) is 322 Å². The minimum absolute atomic E-state index is 0.0779. The molecule has 3 N–H and O–H groups in total. The average Bonchev–Trinajstić information content (AvgIpc) is 3.28. The standard InChI is InChI=1S/C57H109NO5/c1-4-7-10-13-16-19-22-25-27-28-30-31-33-36-39-42-45-48-53(63-57(62)50-47-44-41-38-35-24-21-18-15-12-9-6-3)51-56(61)58-54(52-59)55(60)49-46-43-40-37-34-32-29-26-23-20-17-14-11-8-5-2/h16,19,25,27,53-55,59-60H,4-15,17-18,20-24,26,28-52H2,1-3H3,(H,58,61)/b19-16-,27-25-. The summed E-state index contributed by atoms with van der Waals surface area (Å²) in [6.07, 6.45) is 59.5. The normalized spacial score (nSPS) is 13.3. The van der Waals surface area contributed by atoms with Gasteiger partial charge in [-0.3, -0.25) is 9.59 Å². The molecule has 0 saturated heterocycles. The SMILES string of the molecule is CCCCC/C=C\C/C=C\CCCCCCCCCC(CC(=O)NC(CO)C(O)CCCCCCCCCCCCCCCCC)OC(=O)CCCCCCCCCCCCCC. The van der Waals surface area contributed by atoms with Gasteiger partial charge < -0.3 is 20.3 Å². The van der Waals surface area contributed by atoms with Gasteiger partial charge in [0.1, 0.15) is 6.10 Å². The topological polar surface area (TPSA) is 95.9 Å². The molecule has 1 amide bonds. The van der Waals surface area contributed by atoms with Crippen LogP contribution in [0.15, 0.2) is 24.3 Å². The summed E-state index contributed by atoms with van der Waals surface area (Å²) in [5, 5.41) is 23.9. The number of carbonyl (C=O) groups excluding carboxylic acids is 2. The number of hydrogen-bond donors (Lipinski definition) is 3. The molecule has 6 heteroatoms. The molecule has 0 aliphatic carbocycles. The second-order valence-corrected chi connectivity index (χ2v) is 19.3. The summed E-state index contributed by atoms with van der Waals surface area (Å²) in [5.74, 6) is -0.464. The number of ether oxygens (including phenoxy) is 1. The monoisotopic (exact) mass is 888 g/mol. The number of carbonyl (C=O) groups is 2. The molecule has 0 fully saturated rings. The summed E-state index contributed by atoms with van der Waals surface area (Å²) in [6.45, 7) is 6.49. The van der Waals surface area contributed by atoms with E-state index in [0.717, 1.165) is 64.2 Å². The Kier molecular flexibility index (Phi) is 50.0. The predicted octanol–water partition coefficient (Wildman–Crippen LogP) is 17.1. The molecule has 0 spiro atoms. The zero-order chi connectivity index (χ0) is 45.9. The van der Waals surface area contributed by atoms with Gasteiger partial charge in [-0.1, -0.05) is 257 Å². The van der Waals surface area contributed by atoms with Gasteiger partial charge in [0.25, 0.3) is 0 Å². The van der Waals surface area contributed by atoms with Crippen LogP contribution < -0.4 is 5.32 Å². The lowest BCUT2D eigenvalue weighted by atomic mass is 10.0. The van der Waals surface area contributed by atoms with Gasteiger partial charge in [0.15, 0.2) is 0 Å². The number of nitrogens with one attached hydrogen (secondary N) is 1. The van der Waals surface area contributed by atoms with Crippen LogP contribution >= 0.6 is 0 Å². The van der Waals surface area contributed by atoms with Gasteiger partial charge in [-0.15, -0.1) is 0 Å². The third-order valence-electron chi connectivity index (χ3n) is 13.0. The Morgan fingerprint density at radius 3 is 1.24 bits per heavy atom. The van der Waals surface area contributed by atoms with Crippen molar-refractivity contribution in [1.82, 2.24) is 5.32 Å². The lowest BCUT2D eigenvalue weighted by molar-refractivity contribution is -0.151. The maximum absolute atomic E-state index is 13.2. The van der Waals surface area contributed by atoms with Gasteiger partial charge in [0, 0.05) is 6.42 Å². The predicted molar refractivity (Wildman–Crippen MR) is 273 cm³/mol. The number of hydrogen-bond acceptors (Lipinski definition) is 5. The number of esters is 1. The molecule has 0 aromatic heterocycles. The Hall–Kier alpha value is -1.66. The second kappa shape index (κ2) is 51.3. The molecule has 0 saturated carbocycles. The van der Waals surface area contributed by atoms with Crippen LogP contribution in [0.1, 0.15) is 303 Å². The third kappa shape index (κ3) is 46.7. The fourth-order valence-electron chi connectivity index (χ4n) is 8.76. The van der Waals surface area contributed by atoms with E-state index in [1.165, 1.54) is 193 Å². The van der Waals surface area contributed by atoms with Gasteiger partial charge >= 0.3 is 5.97 Å². The van der Waals surface area contributed by atoms with Crippen LogP contribution in [-0.2, 0) is 14.3 Å². The summed E-state index contributed by atoms with van der Waals surface area (Å²) in [5.41, 5.74) is 0. The van der Waals surface area contributed by atoms with E-state index >= 15 is 0 Å². The van der Waals surface area contributed by atoms with E-state index in [0.29, 0.717) is 19.3 Å². The highest BCUT2D eigenvalue weighted by Gasteiger charge is 2.24. The molecule has 0 radical (unpaired) electrons. The van der Waals surface area contributed by atoms with E-state index in [2.05, 4.69) is 50.4 Å². The Balaban J connectivity index is 4.53. The van der Waals surface area contributed by atoms with Gasteiger partial charge in [-0.05, 0) is 57.8 Å². The lowest BCUT2D eigenvalue weighted by Crippen LogP contribution is -2.46. The molecule has 0 bridgehead atoms. The molecule has 372 valence electrons. The Bertz CT molecular complexity index is 997. The molecule has 0 aliphatic heterocycles. The van der Waals surface area contributed by atoms with E-state index in [4.69, 9.17) is 4.74 Å². The summed E-state index contributed by atoms with van der Waals surface area (Å²) in [7, 11) is 0. The van der Waals surface area contributed by atoms with E-state index in [1.54, 1.807) is 0 Å². The number of allylic oxidation sites excluding steroid dienone is 4. The van der Waals surface area contributed by atoms with Crippen LogP contribution in [0.2, 0.25) is 0 Å². The first kappa shape index (κ1) is 61.3. The highest BCUT2D eigenvalue weighted by Crippen LogP contribution is 2.19. The third-order valence-corrected chi connectivity index (χ3v) is 13.0. The fourth-order valence-corrected chi connectivity index (χ4v) is 8.76. The minimum atomic E-state index is -0.786. The van der Waals surface area contributed by atoms with Crippen LogP contribution in [0.4, 0.5) is 0 Å². The molecule has 6 nitrogen and oxygen atoms in total. The van der Waals surface area contributed by atoms with Crippen molar-refractivity contribution in [3.8, 4) is 0 Å².